The van der Waals surface area contributed by atoms with E-state index in [1.165, 1.54) is 25.7 Å². The highest BCUT2D eigenvalue weighted by molar-refractivity contribution is 9.10. The molecular weight excluding hydrogens is 370 g/mol. The fourth-order valence-electron chi connectivity index (χ4n) is 3.40. The van der Waals surface area contributed by atoms with Crippen molar-refractivity contribution in [3.63, 3.8) is 0 Å². The lowest BCUT2D eigenvalue weighted by Gasteiger charge is -2.36. The second kappa shape index (κ2) is 6.15. The van der Waals surface area contributed by atoms with Gasteiger partial charge in [0.15, 0.2) is 0 Å². The third kappa shape index (κ3) is 3.34. The molecule has 2 nitrogen and oxygen atoms in total. The van der Waals surface area contributed by atoms with E-state index in [0.717, 1.165) is 40.3 Å². The normalized spacial score (nSPS) is 30.5. The maximum Gasteiger partial charge on any atom is 0.120 e. The quantitative estimate of drug-likeness (QED) is 0.716. The second-order valence-corrected chi connectivity index (χ2v) is 7.71. The highest BCUT2D eigenvalue weighted by Gasteiger charge is 2.39. The zero-order chi connectivity index (χ0) is 13.2. The lowest BCUT2D eigenvalue weighted by molar-refractivity contribution is 0.120. The van der Waals surface area contributed by atoms with Gasteiger partial charge < -0.3 is 4.74 Å². The number of ether oxygens (including phenoxy) is 1. The van der Waals surface area contributed by atoms with Crippen LogP contribution in [0.15, 0.2) is 28.7 Å². The molecule has 0 radical (unpaired) electrons. The standard InChI is InChI=1S/C15H19Br2NO/c16-11-2-1-3-15(10-11)19-7-6-18-13-4-5-14(18)9-12(17)8-13/h1-3,10,12-14H,4-9H2. The highest BCUT2D eigenvalue weighted by atomic mass is 79.9. The Kier molecular flexibility index (Phi) is 4.50. The minimum Gasteiger partial charge on any atom is -0.492 e. The Bertz CT molecular complexity index is 426. The topological polar surface area (TPSA) is 12.5 Å². The molecule has 0 aromatic heterocycles. The van der Waals surface area contributed by atoms with Gasteiger partial charge in [0.05, 0.1) is 0 Å². The maximum absolute atomic E-state index is 5.86. The van der Waals surface area contributed by atoms with Gasteiger partial charge in [-0.1, -0.05) is 37.9 Å². The summed E-state index contributed by atoms with van der Waals surface area (Å²) in [6.07, 6.45) is 5.33. The first kappa shape index (κ1) is 13.9. The molecule has 19 heavy (non-hydrogen) atoms. The van der Waals surface area contributed by atoms with Crippen molar-refractivity contribution in [2.75, 3.05) is 13.2 Å². The number of hydrogen-bond donors (Lipinski definition) is 0. The molecule has 1 aromatic rings. The largest absolute Gasteiger partial charge is 0.492 e. The molecule has 2 unspecified atom stereocenters. The zero-order valence-electron chi connectivity index (χ0n) is 10.9. The van der Waals surface area contributed by atoms with E-state index >= 15 is 0 Å². The van der Waals surface area contributed by atoms with Crippen molar-refractivity contribution in [2.24, 2.45) is 0 Å². The van der Waals surface area contributed by atoms with Crippen LogP contribution in [0.3, 0.4) is 0 Å². The van der Waals surface area contributed by atoms with Crippen molar-refractivity contribution in [3.8, 4) is 5.75 Å². The molecule has 4 heteroatoms. The number of piperidine rings is 1. The van der Waals surface area contributed by atoms with Crippen molar-refractivity contribution in [3.05, 3.63) is 28.7 Å². The number of alkyl halides is 1. The van der Waals surface area contributed by atoms with Crippen molar-refractivity contribution in [1.29, 1.82) is 0 Å². The molecule has 0 spiro atoms. The van der Waals surface area contributed by atoms with E-state index in [-0.39, 0.29) is 0 Å². The van der Waals surface area contributed by atoms with E-state index in [0.29, 0.717) is 0 Å². The molecule has 0 amide bonds. The van der Waals surface area contributed by atoms with E-state index in [1.54, 1.807) is 0 Å². The SMILES string of the molecule is Brc1cccc(OCCN2C3CCC2CC(Br)C3)c1. The van der Waals surface area contributed by atoms with Crippen LogP contribution in [0.5, 0.6) is 5.75 Å². The summed E-state index contributed by atoms with van der Waals surface area (Å²) >= 11 is 7.26. The number of rotatable bonds is 4. The number of nitrogens with zero attached hydrogens (tertiary/aromatic N) is 1. The molecular formula is C15H19Br2NO. The van der Waals surface area contributed by atoms with Crippen molar-refractivity contribution in [1.82, 2.24) is 4.90 Å². The third-order valence-corrected chi connectivity index (χ3v) is 5.48. The van der Waals surface area contributed by atoms with Crippen LogP contribution in [0.1, 0.15) is 25.7 Å². The summed E-state index contributed by atoms with van der Waals surface area (Å²) in [7, 11) is 0. The number of halogens is 2. The van der Waals surface area contributed by atoms with Gasteiger partial charge in [0.1, 0.15) is 12.4 Å². The van der Waals surface area contributed by atoms with Gasteiger partial charge in [-0.15, -0.1) is 0 Å². The minimum absolute atomic E-state index is 0.729. The molecule has 2 atom stereocenters. The first-order valence-corrected chi connectivity index (χ1v) is 8.71. The van der Waals surface area contributed by atoms with Crippen LogP contribution < -0.4 is 4.74 Å². The average molecular weight is 389 g/mol. The summed E-state index contributed by atoms with van der Waals surface area (Å²) in [5.74, 6) is 0.956. The van der Waals surface area contributed by atoms with Crippen LogP contribution in [-0.4, -0.2) is 35.0 Å². The molecule has 3 rings (SSSR count). The predicted octanol–water partition coefficient (Wildman–Crippen LogP) is 4.22. The predicted molar refractivity (Wildman–Crippen MR) is 85.1 cm³/mol. The van der Waals surface area contributed by atoms with Gasteiger partial charge in [0.2, 0.25) is 0 Å². The molecule has 2 fully saturated rings. The van der Waals surface area contributed by atoms with Gasteiger partial charge in [0, 0.05) is 27.9 Å². The first-order valence-electron chi connectivity index (χ1n) is 7.00. The minimum atomic E-state index is 0.729. The molecule has 104 valence electrons. The van der Waals surface area contributed by atoms with E-state index < -0.39 is 0 Å². The maximum atomic E-state index is 5.86. The fraction of sp³-hybridized carbons (Fsp3) is 0.600. The monoisotopic (exact) mass is 387 g/mol. The number of fused-ring (bicyclic) bond motifs is 2. The lowest BCUT2D eigenvalue weighted by Crippen LogP contribution is -2.45. The number of hydrogen-bond acceptors (Lipinski definition) is 2. The van der Waals surface area contributed by atoms with Crippen LogP contribution >= 0.6 is 31.9 Å². The summed E-state index contributed by atoms with van der Waals surface area (Å²) in [4.78, 5) is 3.39. The first-order chi connectivity index (χ1) is 9.22. The molecule has 0 N–H and O–H groups in total. The van der Waals surface area contributed by atoms with E-state index in [2.05, 4.69) is 36.8 Å². The Morgan fingerprint density at radius 1 is 1.21 bits per heavy atom. The highest BCUT2D eigenvalue weighted by Crippen LogP contribution is 2.38. The molecule has 0 saturated carbocycles. The van der Waals surface area contributed by atoms with E-state index in [1.807, 2.05) is 24.3 Å². The van der Waals surface area contributed by atoms with Crippen LogP contribution in [0.25, 0.3) is 0 Å². The Morgan fingerprint density at radius 2 is 1.95 bits per heavy atom. The van der Waals surface area contributed by atoms with Gasteiger partial charge >= 0.3 is 0 Å². The average Bonchev–Trinajstić information content (AvgIpc) is 2.62. The lowest BCUT2D eigenvalue weighted by atomic mass is 10.0. The van der Waals surface area contributed by atoms with E-state index in [9.17, 15) is 0 Å². The fourth-order valence-corrected chi connectivity index (χ4v) is 4.64. The Morgan fingerprint density at radius 3 is 2.63 bits per heavy atom. The van der Waals surface area contributed by atoms with Gasteiger partial charge in [0.25, 0.3) is 0 Å². The van der Waals surface area contributed by atoms with Crippen LogP contribution in [-0.2, 0) is 0 Å². The van der Waals surface area contributed by atoms with Gasteiger partial charge in [-0.3, -0.25) is 4.90 Å². The Labute approximate surface area is 131 Å². The van der Waals surface area contributed by atoms with Crippen molar-refractivity contribution < 1.29 is 4.74 Å². The molecule has 2 aliphatic heterocycles. The van der Waals surface area contributed by atoms with Crippen LogP contribution in [0, 0.1) is 0 Å². The van der Waals surface area contributed by atoms with Crippen molar-refractivity contribution in [2.45, 2.75) is 42.6 Å². The zero-order valence-corrected chi connectivity index (χ0v) is 14.1. The Hall–Kier alpha value is -0.0600. The second-order valence-electron chi connectivity index (χ2n) is 5.50. The smallest absolute Gasteiger partial charge is 0.120 e. The summed E-state index contributed by atoms with van der Waals surface area (Å²) in [5.41, 5.74) is 0. The van der Waals surface area contributed by atoms with Gasteiger partial charge in [-0.2, -0.15) is 0 Å². The molecule has 2 saturated heterocycles. The van der Waals surface area contributed by atoms with Crippen LogP contribution in [0.2, 0.25) is 0 Å². The van der Waals surface area contributed by atoms with Gasteiger partial charge in [-0.05, 0) is 43.9 Å². The molecule has 0 aliphatic carbocycles. The Balaban J connectivity index is 1.51. The molecule has 2 heterocycles. The molecule has 1 aromatic carbocycles. The summed E-state index contributed by atoms with van der Waals surface area (Å²) in [5, 5.41) is 0. The third-order valence-electron chi connectivity index (χ3n) is 4.24. The summed E-state index contributed by atoms with van der Waals surface area (Å²) in [6.45, 7) is 1.85. The summed E-state index contributed by atoms with van der Waals surface area (Å²) in [6, 6.07) is 9.62. The van der Waals surface area contributed by atoms with E-state index in [4.69, 9.17) is 4.74 Å². The van der Waals surface area contributed by atoms with Crippen molar-refractivity contribution >= 4 is 31.9 Å². The molecule has 2 aliphatic rings. The molecule has 2 bridgehead atoms. The summed E-state index contributed by atoms with van der Waals surface area (Å²) < 4.78 is 6.93. The number of benzene rings is 1. The van der Waals surface area contributed by atoms with Crippen LogP contribution in [0.4, 0.5) is 0 Å². The van der Waals surface area contributed by atoms with Gasteiger partial charge in [-0.25, -0.2) is 0 Å².